The van der Waals surface area contributed by atoms with E-state index in [2.05, 4.69) is 6.07 Å². The Morgan fingerprint density at radius 3 is 2.80 bits per heavy atom. The second kappa shape index (κ2) is 5.67. The first-order valence-electron chi connectivity index (χ1n) is 7.66. The molecule has 25 heavy (non-hydrogen) atoms. The number of ether oxygens (including phenoxy) is 1. The second-order valence-corrected chi connectivity index (χ2v) is 6.97. The lowest BCUT2D eigenvalue weighted by atomic mass is 10.2. The summed E-state index contributed by atoms with van der Waals surface area (Å²) in [5.74, 6) is -2.51. The molecule has 0 radical (unpaired) electrons. The summed E-state index contributed by atoms with van der Waals surface area (Å²) in [4.78, 5) is 11.9. The summed E-state index contributed by atoms with van der Waals surface area (Å²) in [6.07, 6.45) is -0.164. The molecule has 1 aromatic heterocycles. The number of halogens is 2. The highest BCUT2D eigenvalue weighted by molar-refractivity contribution is 7.16. The van der Waals surface area contributed by atoms with Crippen LogP contribution < -0.4 is 9.61 Å². The van der Waals surface area contributed by atoms with Crippen LogP contribution in [-0.4, -0.2) is 10.5 Å². The molecule has 0 spiro atoms. The molecule has 0 saturated heterocycles. The van der Waals surface area contributed by atoms with E-state index in [0.29, 0.717) is 27.3 Å². The first-order chi connectivity index (χ1) is 12.0. The lowest BCUT2D eigenvalue weighted by Crippen LogP contribution is -2.15. The van der Waals surface area contributed by atoms with Crippen molar-refractivity contribution in [2.75, 3.05) is 0 Å². The third kappa shape index (κ3) is 2.89. The number of rotatable bonds is 4. The quantitative estimate of drug-likeness (QED) is 0.695. The van der Waals surface area contributed by atoms with Crippen LogP contribution in [-0.2, 0) is 6.54 Å². The Bertz CT molecular complexity index is 1060. The summed E-state index contributed by atoms with van der Waals surface area (Å²) in [6, 6.07) is 14.0. The first kappa shape index (κ1) is 15.8. The number of para-hydroxylation sites is 1. The van der Waals surface area contributed by atoms with Gasteiger partial charge in [0.1, 0.15) is 17.6 Å². The predicted molar refractivity (Wildman–Crippen MR) is 90.4 cm³/mol. The summed E-state index contributed by atoms with van der Waals surface area (Å²) in [5.41, 5.74) is 1.03. The van der Waals surface area contributed by atoms with Crippen LogP contribution in [0.1, 0.15) is 12.0 Å². The van der Waals surface area contributed by atoms with Crippen molar-refractivity contribution in [1.29, 1.82) is 5.26 Å². The molecule has 2 aromatic carbocycles. The van der Waals surface area contributed by atoms with Gasteiger partial charge in [-0.2, -0.15) is 5.26 Å². The number of aromatic nitrogens is 1. The molecule has 1 aliphatic rings. The maximum atomic E-state index is 13.1. The minimum absolute atomic E-state index is 0.0311. The second-order valence-electron chi connectivity index (χ2n) is 5.98. The van der Waals surface area contributed by atoms with Gasteiger partial charge in [0.25, 0.3) is 5.92 Å². The number of hydrogen-bond acceptors (Lipinski definition) is 4. The number of nitrogens with zero attached hydrogens (tertiary/aromatic N) is 2. The molecule has 0 aliphatic heterocycles. The Morgan fingerprint density at radius 1 is 1.32 bits per heavy atom. The van der Waals surface area contributed by atoms with Gasteiger partial charge in [0.05, 0.1) is 15.8 Å². The van der Waals surface area contributed by atoms with Crippen LogP contribution in [0.4, 0.5) is 8.78 Å². The van der Waals surface area contributed by atoms with E-state index >= 15 is 0 Å². The van der Waals surface area contributed by atoms with Gasteiger partial charge in [-0.1, -0.05) is 23.5 Å². The highest BCUT2D eigenvalue weighted by Gasteiger charge is 2.56. The number of alkyl halides is 2. The van der Waals surface area contributed by atoms with E-state index < -0.39 is 11.8 Å². The van der Waals surface area contributed by atoms with Gasteiger partial charge in [0, 0.05) is 24.9 Å². The summed E-state index contributed by atoms with van der Waals surface area (Å²) in [6.45, 7) is 0.0311. The Hall–Kier alpha value is -2.72. The van der Waals surface area contributed by atoms with Crippen molar-refractivity contribution in [2.45, 2.75) is 18.9 Å². The van der Waals surface area contributed by atoms with Gasteiger partial charge in [-0.3, -0.25) is 9.36 Å². The fraction of sp³-hybridized carbons (Fsp3) is 0.222. The van der Waals surface area contributed by atoms with Crippen LogP contribution in [0.3, 0.4) is 0 Å². The monoisotopic (exact) mass is 358 g/mol. The zero-order valence-electron chi connectivity index (χ0n) is 12.9. The fourth-order valence-corrected chi connectivity index (χ4v) is 3.68. The number of fused-ring (bicyclic) bond motifs is 1. The summed E-state index contributed by atoms with van der Waals surface area (Å²) >= 11 is 1.00. The van der Waals surface area contributed by atoms with E-state index in [1.807, 2.05) is 0 Å². The minimum atomic E-state index is -2.66. The smallest absolute Gasteiger partial charge is 0.308 e. The van der Waals surface area contributed by atoms with E-state index in [-0.39, 0.29) is 17.8 Å². The summed E-state index contributed by atoms with van der Waals surface area (Å²) in [5, 5.41) is 9.11. The molecule has 1 heterocycles. The van der Waals surface area contributed by atoms with Crippen molar-refractivity contribution in [3.05, 3.63) is 57.7 Å². The number of benzene rings is 2. The van der Waals surface area contributed by atoms with Crippen molar-refractivity contribution in [1.82, 2.24) is 4.57 Å². The topological polar surface area (TPSA) is 55.0 Å². The molecule has 1 aliphatic carbocycles. The van der Waals surface area contributed by atoms with Crippen LogP contribution in [0.15, 0.2) is 47.3 Å². The first-order valence-corrected chi connectivity index (χ1v) is 8.48. The Morgan fingerprint density at radius 2 is 2.08 bits per heavy atom. The van der Waals surface area contributed by atoms with Crippen molar-refractivity contribution in [3.8, 4) is 17.6 Å². The average Bonchev–Trinajstić information content (AvgIpc) is 3.07. The molecule has 1 unspecified atom stereocenters. The molecule has 1 atom stereocenters. The molecule has 0 bridgehead atoms. The number of nitriles is 1. The lowest BCUT2D eigenvalue weighted by molar-refractivity contribution is 0.0953. The van der Waals surface area contributed by atoms with Gasteiger partial charge in [-0.25, -0.2) is 8.78 Å². The molecule has 3 aromatic rings. The van der Waals surface area contributed by atoms with Crippen molar-refractivity contribution in [2.24, 2.45) is 5.92 Å². The average molecular weight is 358 g/mol. The Kier molecular flexibility index (Phi) is 3.58. The Balaban J connectivity index is 1.65. The third-order valence-electron chi connectivity index (χ3n) is 4.23. The SMILES string of the molecule is N#Cc1ccccc1Oc1ccc2c(c1)sc(=O)n2CC1CC1(F)F. The van der Waals surface area contributed by atoms with Gasteiger partial charge < -0.3 is 4.74 Å². The maximum absolute atomic E-state index is 13.1. The normalized spacial score (nSPS) is 18.0. The third-order valence-corrected chi connectivity index (χ3v) is 5.18. The minimum Gasteiger partial charge on any atom is -0.456 e. The summed E-state index contributed by atoms with van der Waals surface area (Å²) < 4.78 is 34.1. The largest absolute Gasteiger partial charge is 0.456 e. The van der Waals surface area contributed by atoms with Gasteiger partial charge >= 0.3 is 4.87 Å². The van der Waals surface area contributed by atoms with E-state index in [9.17, 15) is 13.6 Å². The van der Waals surface area contributed by atoms with Crippen molar-refractivity contribution in [3.63, 3.8) is 0 Å². The maximum Gasteiger partial charge on any atom is 0.308 e. The molecule has 0 amide bonds. The van der Waals surface area contributed by atoms with Gasteiger partial charge in [0.15, 0.2) is 0 Å². The molecule has 0 N–H and O–H groups in total. The molecule has 4 nitrogen and oxygen atoms in total. The van der Waals surface area contributed by atoms with E-state index in [1.54, 1.807) is 42.5 Å². The highest BCUT2D eigenvalue weighted by atomic mass is 32.1. The number of thiazole rings is 1. The van der Waals surface area contributed by atoms with Crippen LogP contribution >= 0.6 is 11.3 Å². The molecule has 1 fully saturated rings. The summed E-state index contributed by atoms with van der Waals surface area (Å²) in [7, 11) is 0. The van der Waals surface area contributed by atoms with Crippen LogP contribution in [0.5, 0.6) is 11.5 Å². The lowest BCUT2D eigenvalue weighted by Gasteiger charge is -2.08. The molecule has 7 heteroatoms. The highest BCUT2D eigenvalue weighted by Crippen LogP contribution is 2.49. The molecule has 1 saturated carbocycles. The van der Waals surface area contributed by atoms with Crippen molar-refractivity contribution >= 4 is 21.6 Å². The Labute approximate surface area is 145 Å². The zero-order valence-corrected chi connectivity index (χ0v) is 13.7. The predicted octanol–water partition coefficient (Wildman–Crippen LogP) is 4.38. The fourth-order valence-electron chi connectivity index (χ4n) is 2.75. The van der Waals surface area contributed by atoms with Crippen LogP contribution in [0.25, 0.3) is 10.2 Å². The molecular weight excluding hydrogens is 346 g/mol. The van der Waals surface area contributed by atoms with Gasteiger partial charge in [-0.05, 0) is 24.3 Å². The van der Waals surface area contributed by atoms with E-state index in [0.717, 1.165) is 11.3 Å². The van der Waals surface area contributed by atoms with E-state index in [1.165, 1.54) is 4.57 Å². The molecular formula is C18H12F2N2O2S. The van der Waals surface area contributed by atoms with E-state index in [4.69, 9.17) is 10.00 Å². The van der Waals surface area contributed by atoms with Crippen LogP contribution in [0, 0.1) is 17.2 Å². The van der Waals surface area contributed by atoms with Crippen LogP contribution in [0.2, 0.25) is 0 Å². The standard InChI is InChI=1S/C18H12F2N2O2S/c19-18(20)8-12(18)10-22-14-6-5-13(7-16(14)25-17(22)23)24-15-4-2-1-3-11(15)9-21/h1-7,12H,8,10H2. The van der Waals surface area contributed by atoms with Gasteiger partial charge in [0.2, 0.25) is 0 Å². The van der Waals surface area contributed by atoms with Crippen molar-refractivity contribution < 1.29 is 13.5 Å². The zero-order chi connectivity index (χ0) is 17.6. The molecule has 4 rings (SSSR count). The van der Waals surface area contributed by atoms with Gasteiger partial charge in [-0.15, -0.1) is 0 Å². The molecule has 126 valence electrons. The number of hydrogen-bond donors (Lipinski definition) is 0.